The average molecular weight is 302 g/mol. The highest BCUT2D eigenvalue weighted by molar-refractivity contribution is 5.88. The minimum atomic E-state index is -4.72. The van der Waals surface area contributed by atoms with Gasteiger partial charge in [0.25, 0.3) is 0 Å². The minimum absolute atomic E-state index is 0.0564. The maximum Gasteiger partial charge on any atom is 0.573 e. The predicted octanol–water partition coefficient (Wildman–Crippen LogP) is 2.69. The number of carbonyl (C=O) groups is 1. The standard InChI is InChI=1S/C14H15F3NO3/c15-14(16,17)21-12-3-1-11(2-4-12)20-9-13(19)10-5-7-18-8-6-10/h1-4,9-10,18H,5-8H2. The highest BCUT2D eigenvalue weighted by atomic mass is 19.4. The summed E-state index contributed by atoms with van der Waals surface area (Å²) in [5.74, 6) is -0.211. The smallest absolute Gasteiger partial charge is 0.478 e. The zero-order valence-electron chi connectivity index (χ0n) is 11.2. The largest absolute Gasteiger partial charge is 0.573 e. The van der Waals surface area contributed by atoms with Crippen LogP contribution in [0.3, 0.4) is 0 Å². The van der Waals surface area contributed by atoms with Crippen LogP contribution < -0.4 is 14.8 Å². The second-order valence-electron chi connectivity index (χ2n) is 4.68. The van der Waals surface area contributed by atoms with Gasteiger partial charge in [-0.3, -0.25) is 4.79 Å². The number of benzene rings is 1. The summed E-state index contributed by atoms with van der Waals surface area (Å²) < 4.78 is 44.9. The van der Waals surface area contributed by atoms with Gasteiger partial charge >= 0.3 is 6.36 Å². The van der Waals surface area contributed by atoms with Crippen LogP contribution in [0.4, 0.5) is 13.2 Å². The lowest BCUT2D eigenvalue weighted by Crippen LogP contribution is -2.32. The normalized spacial score (nSPS) is 16.5. The van der Waals surface area contributed by atoms with E-state index in [0.717, 1.165) is 44.7 Å². The fourth-order valence-corrected chi connectivity index (χ4v) is 2.05. The molecule has 1 aromatic carbocycles. The Kier molecular flexibility index (Phi) is 5.06. The van der Waals surface area contributed by atoms with Crippen molar-refractivity contribution in [1.82, 2.24) is 5.32 Å². The van der Waals surface area contributed by atoms with Crippen LogP contribution in [0.15, 0.2) is 24.3 Å². The molecule has 115 valence electrons. The van der Waals surface area contributed by atoms with E-state index in [-0.39, 0.29) is 23.2 Å². The molecule has 0 amide bonds. The topological polar surface area (TPSA) is 47.6 Å². The van der Waals surface area contributed by atoms with Gasteiger partial charge in [0.15, 0.2) is 5.78 Å². The number of rotatable bonds is 5. The lowest BCUT2D eigenvalue weighted by molar-refractivity contribution is -0.274. The number of piperidine rings is 1. The molecule has 2 rings (SSSR count). The summed E-state index contributed by atoms with van der Waals surface area (Å²) in [5, 5.41) is 3.16. The van der Waals surface area contributed by atoms with Crippen molar-refractivity contribution in [3.8, 4) is 11.5 Å². The van der Waals surface area contributed by atoms with Gasteiger partial charge < -0.3 is 14.8 Å². The summed E-state index contributed by atoms with van der Waals surface area (Å²) >= 11 is 0. The third-order valence-corrected chi connectivity index (χ3v) is 3.11. The van der Waals surface area contributed by atoms with E-state index in [1.54, 1.807) is 0 Å². The monoisotopic (exact) mass is 302 g/mol. The summed E-state index contributed by atoms with van der Waals surface area (Å²) in [7, 11) is 0. The van der Waals surface area contributed by atoms with Crippen LogP contribution >= 0.6 is 0 Å². The van der Waals surface area contributed by atoms with Gasteiger partial charge in [-0.15, -0.1) is 13.2 Å². The molecule has 0 aliphatic carbocycles. The third kappa shape index (κ3) is 5.26. The molecule has 1 aromatic rings. The van der Waals surface area contributed by atoms with Crippen molar-refractivity contribution in [3.63, 3.8) is 0 Å². The second kappa shape index (κ2) is 6.80. The van der Waals surface area contributed by atoms with Gasteiger partial charge in [-0.25, -0.2) is 0 Å². The quantitative estimate of drug-likeness (QED) is 0.908. The predicted molar refractivity (Wildman–Crippen MR) is 68.7 cm³/mol. The Hall–Kier alpha value is -1.76. The van der Waals surface area contributed by atoms with E-state index in [4.69, 9.17) is 4.74 Å². The molecular weight excluding hydrogens is 287 g/mol. The van der Waals surface area contributed by atoms with E-state index in [2.05, 4.69) is 10.1 Å². The molecule has 0 aromatic heterocycles. The van der Waals surface area contributed by atoms with Crippen molar-refractivity contribution in [3.05, 3.63) is 30.9 Å². The number of ether oxygens (including phenoxy) is 2. The molecule has 1 N–H and O–H groups in total. The molecular formula is C14H15F3NO3. The molecule has 0 atom stereocenters. The lowest BCUT2D eigenvalue weighted by Gasteiger charge is -2.20. The number of ketones is 1. The number of hydrogen-bond acceptors (Lipinski definition) is 4. The van der Waals surface area contributed by atoms with Crippen molar-refractivity contribution in [2.24, 2.45) is 5.92 Å². The zero-order chi connectivity index (χ0) is 15.3. The molecule has 1 saturated heterocycles. The Balaban J connectivity index is 1.81. The van der Waals surface area contributed by atoms with Crippen LogP contribution in [0.1, 0.15) is 12.8 Å². The Morgan fingerprint density at radius 3 is 2.29 bits per heavy atom. The van der Waals surface area contributed by atoms with Crippen LogP contribution in [0.5, 0.6) is 11.5 Å². The van der Waals surface area contributed by atoms with Crippen molar-refractivity contribution in [2.45, 2.75) is 19.2 Å². The number of nitrogens with one attached hydrogen (secondary N) is 1. The molecule has 1 aliphatic rings. The highest BCUT2D eigenvalue weighted by Crippen LogP contribution is 2.25. The first kappa shape index (κ1) is 15.6. The molecule has 21 heavy (non-hydrogen) atoms. The average Bonchev–Trinajstić information content (AvgIpc) is 2.45. The van der Waals surface area contributed by atoms with Crippen LogP contribution in [0.2, 0.25) is 0 Å². The molecule has 1 aliphatic heterocycles. The molecule has 0 spiro atoms. The zero-order valence-corrected chi connectivity index (χ0v) is 11.2. The summed E-state index contributed by atoms with van der Waals surface area (Å²) in [5.41, 5.74) is 0. The van der Waals surface area contributed by atoms with E-state index in [0.29, 0.717) is 0 Å². The van der Waals surface area contributed by atoms with E-state index in [1.807, 2.05) is 0 Å². The second-order valence-corrected chi connectivity index (χ2v) is 4.68. The van der Waals surface area contributed by atoms with Crippen LogP contribution in [0, 0.1) is 12.5 Å². The first-order chi connectivity index (χ1) is 9.94. The van der Waals surface area contributed by atoms with E-state index in [1.165, 1.54) is 12.1 Å². The Morgan fingerprint density at radius 1 is 1.14 bits per heavy atom. The van der Waals surface area contributed by atoms with Gasteiger partial charge in [0.1, 0.15) is 11.5 Å². The minimum Gasteiger partial charge on any atom is -0.478 e. The molecule has 0 saturated carbocycles. The molecule has 1 fully saturated rings. The van der Waals surface area contributed by atoms with Gasteiger partial charge in [-0.05, 0) is 50.2 Å². The fraction of sp³-hybridized carbons (Fsp3) is 0.429. The highest BCUT2D eigenvalue weighted by Gasteiger charge is 2.31. The fourth-order valence-electron chi connectivity index (χ4n) is 2.05. The summed E-state index contributed by atoms with van der Waals surface area (Å²) in [6.45, 7) is 2.72. The van der Waals surface area contributed by atoms with Crippen molar-refractivity contribution in [1.29, 1.82) is 0 Å². The summed E-state index contributed by atoms with van der Waals surface area (Å²) in [4.78, 5) is 11.8. The first-order valence-corrected chi connectivity index (χ1v) is 6.54. The number of hydrogen-bond donors (Lipinski definition) is 1. The van der Waals surface area contributed by atoms with Gasteiger partial charge in [0, 0.05) is 5.92 Å². The van der Waals surface area contributed by atoms with Gasteiger partial charge in [0.2, 0.25) is 6.61 Å². The van der Waals surface area contributed by atoms with Crippen LogP contribution in [-0.4, -0.2) is 25.2 Å². The SMILES string of the molecule is O=C([CH]Oc1ccc(OC(F)(F)F)cc1)C1CCNCC1. The lowest BCUT2D eigenvalue weighted by atomic mass is 9.94. The molecule has 0 bridgehead atoms. The van der Waals surface area contributed by atoms with Gasteiger partial charge in [-0.2, -0.15) is 0 Å². The molecule has 4 nitrogen and oxygen atoms in total. The Labute approximate surface area is 120 Å². The number of carbonyl (C=O) groups excluding carboxylic acids is 1. The maximum atomic E-state index is 12.0. The molecule has 7 heteroatoms. The Bertz CT molecular complexity index is 467. The van der Waals surface area contributed by atoms with Gasteiger partial charge in [-0.1, -0.05) is 0 Å². The van der Waals surface area contributed by atoms with Crippen molar-refractivity contribution >= 4 is 5.78 Å². The number of alkyl halides is 3. The maximum absolute atomic E-state index is 12.0. The first-order valence-electron chi connectivity index (χ1n) is 6.54. The van der Waals surface area contributed by atoms with E-state index in [9.17, 15) is 18.0 Å². The van der Waals surface area contributed by atoms with E-state index >= 15 is 0 Å². The number of halogens is 3. The van der Waals surface area contributed by atoms with Crippen LogP contribution in [0.25, 0.3) is 0 Å². The summed E-state index contributed by atoms with van der Waals surface area (Å²) in [6.07, 6.45) is -3.20. The molecule has 1 radical (unpaired) electrons. The third-order valence-electron chi connectivity index (χ3n) is 3.11. The van der Waals surface area contributed by atoms with Crippen molar-refractivity contribution < 1.29 is 27.4 Å². The van der Waals surface area contributed by atoms with Crippen molar-refractivity contribution in [2.75, 3.05) is 13.1 Å². The molecule has 0 unspecified atom stereocenters. The van der Waals surface area contributed by atoms with Crippen LogP contribution in [-0.2, 0) is 4.79 Å². The van der Waals surface area contributed by atoms with Gasteiger partial charge in [0.05, 0.1) is 0 Å². The summed E-state index contributed by atoms with van der Waals surface area (Å²) in [6, 6.07) is 4.89. The molecule has 1 heterocycles. The number of Topliss-reactive ketones (excluding diaryl/α,β-unsaturated/α-hetero) is 1. The van der Waals surface area contributed by atoms with E-state index < -0.39 is 6.36 Å². The Morgan fingerprint density at radius 2 is 1.71 bits per heavy atom.